The minimum absolute atomic E-state index is 0.0265. The number of hydrogen-bond donors (Lipinski definition) is 2. The molecule has 18 heavy (non-hydrogen) atoms. The van der Waals surface area contributed by atoms with Crippen LogP contribution in [0.4, 0.5) is 4.79 Å². The van der Waals surface area contributed by atoms with E-state index in [9.17, 15) is 9.59 Å². The van der Waals surface area contributed by atoms with Crippen LogP contribution < -0.4 is 5.43 Å². The van der Waals surface area contributed by atoms with Gasteiger partial charge in [-0.2, -0.15) is 0 Å². The Bertz CT molecular complexity index is 290. The van der Waals surface area contributed by atoms with E-state index in [4.69, 9.17) is 5.11 Å². The highest BCUT2D eigenvalue weighted by atomic mass is 16.4. The fourth-order valence-electron chi connectivity index (χ4n) is 2.22. The third-order valence-electron chi connectivity index (χ3n) is 3.21. The molecular weight excluding hydrogens is 234 g/mol. The number of nitrogens with zero attached hydrogens (tertiary/aromatic N) is 2. The number of carbonyl (C=O) groups excluding carboxylic acids is 1. The Balaban J connectivity index is 2.47. The topological polar surface area (TPSA) is 72.9 Å². The average molecular weight is 257 g/mol. The van der Waals surface area contributed by atoms with Gasteiger partial charge in [-0.3, -0.25) is 10.2 Å². The van der Waals surface area contributed by atoms with Gasteiger partial charge in [0.1, 0.15) is 0 Å². The molecule has 1 unspecified atom stereocenters. The Morgan fingerprint density at radius 1 is 1.33 bits per heavy atom. The fraction of sp³-hybridized carbons (Fsp3) is 0.833. The van der Waals surface area contributed by atoms with E-state index < -0.39 is 5.97 Å². The van der Waals surface area contributed by atoms with Gasteiger partial charge in [0.2, 0.25) is 0 Å². The molecule has 0 aromatic heterocycles. The van der Waals surface area contributed by atoms with E-state index in [0.717, 1.165) is 25.9 Å². The van der Waals surface area contributed by atoms with Crippen LogP contribution in [0.5, 0.6) is 0 Å². The summed E-state index contributed by atoms with van der Waals surface area (Å²) in [6, 6.07) is -0.495. The number of carboxylic acid groups (broad SMARTS) is 1. The van der Waals surface area contributed by atoms with Gasteiger partial charge in [-0.25, -0.2) is 9.80 Å². The molecule has 0 aliphatic carbocycles. The van der Waals surface area contributed by atoms with Gasteiger partial charge in [0, 0.05) is 25.7 Å². The number of amides is 2. The monoisotopic (exact) mass is 257 g/mol. The predicted octanol–water partition coefficient (Wildman–Crippen LogP) is 1.28. The molecule has 6 heteroatoms. The van der Waals surface area contributed by atoms with Crippen molar-refractivity contribution >= 4 is 12.0 Å². The van der Waals surface area contributed by atoms with Crippen LogP contribution in [0.15, 0.2) is 0 Å². The van der Waals surface area contributed by atoms with E-state index in [1.54, 1.807) is 11.8 Å². The molecule has 0 aromatic carbocycles. The third-order valence-corrected chi connectivity index (χ3v) is 3.21. The number of hydrogen-bond acceptors (Lipinski definition) is 3. The van der Waals surface area contributed by atoms with Gasteiger partial charge in [-0.05, 0) is 26.7 Å². The fourth-order valence-corrected chi connectivity index (χ4v) is 2.22. The van der Waals surface area contributed by atoms with Crippen LogP contribution >= 0.6 is 0 Å². The molecule has 2 amide bonds. The summed E-state index contributed by atoms with van der Waals surface area (Å²) in [7, 11) is 0. The second-order valence-corrected chi connectivity index (χ2v) is 4.70. The number of carboxylic acids is 1. The maximum absolute atomic E-state index is 12.0. The molecular formula is C12H23N3O3. The summed E-state index contributed by atoms with van der Waals surface area (Å²) >= 11 is 0. The first-order valence-corrected chi connectivity index (χ1v) is 6.58. The van der Waals surface area contributed by atoms with Crippen LogP contribution in [0.2, 0.25) is 0 Å². The first-order chi connectivity index (χ1) is 8.54. The van der Waals surface area contributed by atoms with Crippen molar-refractivity contribution in [2.45, 2.75) is 45.6 Å². The largest absolute Gasteiger partial charge is 0.481 e. The number of carbonyl (C=O) groups is 2. The highest BCUT2D eigenvalue weighted by Crippen LogP contribution is 2.08. The Morgan fingerprint density at radius 2 is 1.94 bits per heavy atom. The summed E-state index contributed by atoms with van der Waals surface area (Å²) in [5.74, 6) is -0.883. The van der Waals surface area contributed by atoms with E-state index in [2.05, 4.69) is 5.43 Å². The molecule has 0 aromatic rings. The number of urea groups is 1. The zero-order valence-corrected chi connectivity index (χ0v) is 11.2. The molecule has 1 heterocycles. The summed E-state index contributed by atoms with van der Waals surface area (Å²) in [5.41, 5.74) is 2.85. The maximum Gasteiger partial charge on any atom is 0.332 e. The second kappa shape index (κ2) is 7.20. The lowest BCUT2D eigenvalue weighted by atomic mass is 10.2. The Morgan fingerprint density at radius 3 is 2.44 bits per heavy atom. The lowest BCUT2D eigenvalue weighted by molar-refractivity contribution is -0.138. The van der Waals surface area contributed by atoms with Gasteiger partial charge in [0.15, 0.2) is 0 Å². The van der Waals surface area contributed by atoms with Crippen molar-refractivity contribution in [3.05, 3.63) is 0 Å². The van der Waals surface area contributed by atoms with E-state index >= 15 is 0 Å². The molecule has 1 saturated heterocycles. The van der Waals surface area contributed by atoms with Crippen molar-refractivity contribution in [2.24, 2.45) is 0 Å². The standard InChI is InChI=1S/C12H23N3O3/c1-3-15(10(2)9-11(16)17)12(18)13-14-7-5-4-6-8-14/h10H,3-9H2,1-2H3,(H,13,18)(H,16,17). The minimum Gasteiger partial charge on any atom is -0.481 e. The van der Waals surface area contributed by atoms with E-state index in [1.165, 1.54) is 6.42 Å². The first kappa shape index (κ1) is 14.8. The quantitative estimate of drug-likeness (QED) is 0.778. The van der Waals surface area contributed by atoms with Gasteiger partial charge < -0.3 is 10.0 Å². The highest BCUT2D eigenvalue weighted by molar-refractivity contribution is 5.75. The number of aliphatic carboxylic acids is 1. The van der Waals surface area contributed by atoms with E-state index in [0.29, 0.717) is 6.54 Å². The van der Waals surface area contributed by atoms with Crippen LogP contribution in [0, 0.1) is 0 Å². The highest BCUT2D eigenvalue weighted by Gasteiger charge is 2.22. The Labute approximate surface area is 108 Å². The van der Waals surface area contributed by atoms with Crippen molar-refractivity contribution in [2.75, 3.05) is 19.6 Å². The molecule has 1 aliphatic heterocycles. The summed E-state index contributed by atoms with van der Waals surface area (Å²) in [5, 5.41) is 10.7. The molecule has 0 saturated carbocycles. The van der Waals surface area contributed by atoms with Gasteiger partial charge in [0.25, 0.3) is 0 Å². The van der Waals surface area contributed by atoms with Gasteiger partial charge >= 0.3 is 12.0 Å². The number of nitrogens with one attached hydrogen (secondary N) is 1. The Kier molecular flexibility index (Phi) is 5.91. The molecule has 0 bridgehead atoms. The molecule has 2 N–H and O–H groups in total. The molecule has 104 valence electrons. The molecule has 1 atom stereocenters. The summed E-state index contributed by atoms with van der Waals surface area (Å²) < 4.78 is 0. The molecule has 1 aliphatic rings. The van der Waals surface area contributed by atoms with Crippen LogP contribution in [0.1, 0.15) is 39.5 Å². The summed E-state index contributed by atoms with van der Waals surface area (Å²) in [4.78, 5) is 24.3. The van der Waals surface area contributed by atoms with Gasteiger partial charge in [-0.15, -0.1) is 0 Å². The van der Waals surface area contributed by atoms with Crippen molar-refractivity contribution in [1.82, 2.24) is 15.3 Å². The van der Waals surface area contributed by atoms with Crippen molar-refractivity contribution in [3.63, 3.8) is 0 Å². The number of hydrazine groups is 1. The van der Waals surface area contributed by atoms with Crippen LogP contribution in [0.3, 0.4) is 0 Å². The molecule has 1 rings (SSSR count). The number of rotatable bonds is 5. The minimum atomic E-state index is -0.883. The van der Waals surface area contributed by atoms with Crippen molar-refractivity contribution < 1.29 is 14.7 Å². The molecule has 1 fully saturated rings. The third kappa shape index (κ3) is 4.52. The zero-order chi connectivity index (χ0) is 13.5. The number of piperidine rings is 1. The normalized spacial score (nSPS) is 18.1. The van der Waals surface area contributed by atoms with Crippen molar-refractivity contribution in [3.8, 4) is 0 Å². The SMILES string of the molecule is CCN(C(=O)NN1CCCCC1)C(C)CC(=O)O. The van der Waals surface area contributed by atoms with E-state index in [-0.39, 0.29) is 18.5 Å². The first-order valence-electron chi connectivity index (χ1n) is 6.58. The summed E-state index contributed by atoms with van der Waals surface area (Å²) in [6.45, 7) is 5.86. The van der Waals surface area contributed by atoms with Crippen LogP contribution in [-0.2, 0) is 4.79 Å². The molecule has 6 nitrogen and oxygen atoms in total. The Hall–Kier alpha value is -1.30. The molecule has 0 spiro atoms. The smallest absolute Gasteiger partial charge is 0.332 e. The van der Waals surface area contributed by atoms with Gasteiger partial charge in [0.05, 0.1) is 6.42 Å². The van der Waals surface area contributed by atoms with Gasteiger partial charge in [-0.1, -0.05) is 6.42 Å². The molecule has 0 radical (unpaired) electrons. The van der Waals surface area contributed by atoms with Crippen LogP contribution in [0.25, 0.3) is 0 Å². The second-order valence-electron chi connectivity index (χ2n) is 4.70. The lowest BCUT2D eigenvalue weighted by Crippen LogP contribution is -2.53. The maximum atomic E-state index is 12.0. The average Bonchev–Trinajstić information content (AvgIpc) is 2.30. The zero-order valence-electron chi connectivity index (χ0n) is 11.2. The van der Waals surface area contributed by atoms with Crippen LogP contribution in [-0.4, -0.2) is 52.7 Å². The lowest BCUT2D eigenvalue weighted by Gasteiger charge is -2.32. The van der Waals surface area contributed by atoms with E-state index in [1.807, 2.05) is 11.9 Å². The summed E-state index contributed by atoms with van der Waals surface area (Å²) in [6.07, 6.45) is 3.37. The predicted molar refractivity (Wildman–Crippen MR) is 68.1 cm³/mol. The van der Waals surface area contributed by atoms with Crippen molar-refractivity contribution in [1.29, 1.82) is 0 Å².